The van der Waals surface area contributed by atoms with Crippen molar-refractivity contribution in [3.63, 3.8) is 0 Å². The third-order valence-electron chi connectivity index (χ3n) is 6.38. The summed E-state index contributed by atoms with van der Waals surface area (Å²) in [7, 11) is 3.15. The summed E-state index contributed by atoms with van der Waals surface area (Å²) in [6.45, 7) is 6.45. The molecule has 0 radical (unpaired) electrons. The summed E-state index contributed by atoms with van der Waals surface area (Å²) in [6.07, 6.45) is -0.150. The number of carbonyl (C=O) groups excluding carboxylic acids is 2. The van der Waals surface area contributed by atoms with Crippen molar-refractivity contribution < 1.29 is 24.2 Å². The van der Waals surface area contributed by atoms with E-state index in [4.69, 9.17) is 4.74 Å². The Bertz CT molecular complexity index is 984. The molecule has 2 amide bonds. The maximum absolute atomic E-state index is 13.5. The average Bonchev–Trinajstić information content (AvgIpc) is 3.52. The summed E-state index contributed by atoms with van der Waals surface area (Å²) in [4.78, 5) is 28.8. The molecule has 2 N–H and O–H groups in total. The molecule has 4 rings (SSSR count). The molecule has 8 heteroatoms. The Hall–Kier alpha value is -3.10. The number of nitrogens with zero attached hydrogens (tertiary/aromatic N) is 2. The van der Waals surface area contributed by atoms with Crippen LogP contribution in [-0.2, 0) is 22.5 Å². The highest BCUT2D eigenvalue weighted by Crippen LogP contribution is 2.32. The van der Waals surface area contributed by atoms with Crippen LogP contribution >= 0.6 is 0 Å². The van der Waals surface area contributed by atoms with E-state index >= 15 is 0 Å². The summed E-state index contributed by atoms with van der Waals surface area (Å²) in [5, 5.41) is 12.6. The minimum Gasteiger partial charge on any atom is -0.480 e. The van der Waals surface area contributed by atoms with Crippen LogP contribution in [0.25, 0.3) is 0 Å². The number of carbonyl (C=O) groups is 2. The van der Waals surface area contributed by atoms with Crippen LogP contribution in [0.15, 0.2) is 48.5 Å². The lowest BCUT2D eigenvalue weighted by molar-refractivity contribution is -0.139. The first-order valence-corrected chi connectivity index (χ1v) is 12.3. The number of likely N-dealkylation sites (tertiary alicyclic amines) is 1. The highest BCUT2D eigenvalue weighted by molar-refractivity contribution is 5.83. The van der Waals surface area contributed by atoms with E-state index in [-0.39, 0.29) is 18.1 Å². The summed E-state index contributed by atoms with van der Waals surface area (Å²) in [5.41, 5.74) is 2.92. The Morgan fingerprint density at radius 3 is 2.63 bits per heavy atom. The predicted molar refractivity (Wildman–Crippen MR) is 134 cm³/mol. The van der Waals surface area contributed by atoms with Crippen molar-refractivity contribution in [2.24, 2.45) is 0 Å². The van der Waals surface area contributed by atoms with Gasteiger partial charge in [0.25, 0.3) is 5.91 Å². The van der Waals surface area contributed by atoms with Gasteiger partial charge >= 0.3 is 6.09 Å². The van der Waals surface area contributed by atoms with E-state index in [2.05, 4.69) is 15.0 Å². The Labute approximate surface area is 207 Å². The van der Waals surface area contributed by atoms with Crippen molar-refractivity contribution in [3.05, 3.63) is 65.2 Å². The van der Waals surface area contributed by atoms with Crippen LogP contribution < -0.4 is 10.1 Å². The SMILES string of the molecule is CC.COC(=O)NCc1ccc2c(c1)CC(C(=O)N(C)C(CN1CC[C@H](O)C1)c1ccccc1)O2. The highest BCUT2D eigenvalue weighted by atomic mass is 16.5. The lowest BCUT2D eigenvalue weighted by Crippen LogP contribution is -2.44. The molecule has 0 bridgehead atoms. The predicted octanol–water partition coefficient (Wildman–Crippen LogP) is 3.14. The van der Waals surface area contributed by atoms with Gasteiger partial charge in [-0.15, -0.1) is 0 Å². The molecule has 2 unspecified atom stereocenters. The quantitative estimate of drug-likeness (QED) is 0.629. The number of alkyl carbamates (subject to hydrolysis) is 1. The lowest BCUT2D eigenvalue weighted by Gasteiger charge is -2.33. The summed E-state index contributed by atoms with van der Waals surface area (Å²) in [5.74, 6) is 0.622. The average molecular weight is 484 g/mol. The number of amides is 2. The first-order valence-electron chi connectivity index (χ1n) is 12.3. The minimum absolute atomic E-state index is 0.0750. The van der Waals surface area contributed by atoms with Gasteiger partial charge in [0, 0.05) is 39.6 Å². The van der Waals surface area contributed by atoms with E-state index in [1.807, 2.05) is 69.4 Å². The number of β-amino-alcohol motifs (C(OH)–C–C–N with tert-alkyl or cyclic N) is 1. The van der Waals surface area contributed by atoms with Crippen molar-refractivity contribution >= 4 is 12.0 Å². The van der Waals surface area contributed by atoms with Gasteiger partial charge in [0.15, 0.2) is 6.10 Å². The largest absolute Gasteiger partial charge is 0.480 e. The molecule has 0 spiro atoms. The molecule has 190 valence electrons. The Morgan fingerprint density at radius 1 is 1.23 bits per heavy atom. The normalized spacial score (nSPS) is 19.6. The molecular weight excluding hydrogens is 446 g/mol. The van der Waals surface area contributed by atoms with Crippen molar-refractivity contribution in [1.29, 1.82) is 0 Å². The number of aliphatic hydroxyl groups excluding tert-OH is 1. The highest BCUT2D eigenvalue weighted by Gasteiger charge is 2.35. The van der Waals surface area contributed by atoms with Gasteiger partial charge in [-0.2, -0.15) is 0 Å². The van der Waals surface area contributed by atoms with Crippen LogP contribution in [0.3, 0.4) is 0 Å². The van der Waals surface area contributed by atoms with Crippen molar-refractivity contribution in [1.82, 2.24) is 15.1 Å². The van der Waals surface area contributed by atoms with Crippen LogP contribution in [0.4, 0.5) is 4.79 Å². The Morgan fingerprint density at radius 2 is 1.97 bits per heavy atom. The zero-order valence-corrected chi connectivity index (χ0v) is 21.1. The van der Waals surface area contributed by atoms with Crippen molar-refractivity contribution in [2.45, 2.75) is 51.5 Å². The number of nitrogens with one attached hydrogen (secondary N) is 1. The number of rotatable bonds is 7. The third-order valence-corrected chi connectivity index (χ3v) is 6.38. The summed E-state index contributed by atoms with van der Waals surface area (Å²) < 4.78 is 10.6. The molecule has 3 atom stereocenters. The maximum atomic E-state index is 13.5. The van der Waals surface area contributed by atoms with Crippen LogP contribution in [0.5, 0.6) is 5.75 Å². The van der Waals surface area contributed by atoms with Crippen LogP contribution in [0, 0.1) is 0 Å². The van der Waals surface area contributed by atoms with Crippen LogP contribution in [0.1, 0.15) is 43.0 Å². The van der Waals surface area contributed by atoms with Gasteiger partial charge in [-0.05, 0) is 29.2 Å². The van der Waals surface area contributed by atoms with Gasteiger partial charge in [0.1, 0.15) is 5.75 Å². The molecule has 2 aliphatic heterocycles. The van der Waals surface area contributed by atoms with Gasteiger partial charge in [0.05, 0.1) is 19.3 Å². The molecule has 0 aromatic heterocycles. The number of aliphatic hydroxyl groups is 1. The van der Waals surface area contributed by atoms with Crippen LogP contribution in [-0.4, -0.2) is 72.9 Å². The Balaban J connectivity index is 0.00000167. The fourth-order valence-corrected chi connectivity index (χ4v) is 4.53. The van der Waals surface area contributed by atoms with Crippen molar-refractivity contribution in [3.8, 4) is 5.75 Å². The first-order chi connectivity index (χ1) is 16.9. The number of fused-ring (bicyclic) bond motifs is 1. The minimum atomic E-state index is -0.593. The Kier molecular flexibility index (Phi) is 9.51. The molecule has 1 saturated heterocycles. The number of methoxy groups -OCH3 is 1. The third kappa shape index (κ3) is 6.74. The topological polar surface area (TPSA) is 91.3 Å². The molecule has 8 nitrogen and oxygen atoms in total. The molecule has 35 heavy (non-hydrogen) atoms. The van der Waals surface area contributed by atoms with Crippen LogP contribution in [0.2, 0.25) is 0 Å². The van der Waals surface area contributed by atoms with E-state index in [1.165, 1.54) is 7.11 Å². The summed E-state index contributed by atoms with van der Waals surface area (Å²) in [6, 6.07) is 15.5. The second kappa shape index (κ2) is 12.6. The maximum Gasteiger partial charge on any atom is 0.407 e. The molecule has 2 aromatic rings. The summed E-state index contributed by atoms with van der Waals surface area (Å²) >= 11 is 0. The standard InChI is InChI=1S/C25H31N3O5.C2H6/c1-27(21(18-6-4-3-5-7-18)16-28-11-10-20(29)15-28)24(30)23-13-19-12-17(8-9-22(19)33-23)14-26-25(31)32-2;1-2/h3-9,12,20-21,23,29H,10-11,13-16H2,1-2H3,(H,26,31);1-2H3/t20-,21?,23?;/m0./s1. The van der Waals surface area contributed by atoms with E-state index in [0.29, 0.717) is 31.8 Å². The second-order valence-corrected chi connectivity index (χ2v) is 8.68. The van der Waals surface area contributed by atoms with Gasteiger partial charge in [-0.25, -0.2) is 4.79 Å². The van der Waals surface area contributed by atoms with Gasteiger partial charge in [-0.1, -0.05) is 56.3 Å². The zero-order valence-electron chi connectivity index (χ0n) is 21.1. The smallest absolute Gasteiger partial charge is 0.407 e. The van der Waals surface area contributed by atoms with Crippen molar-refractivity contribution in [2.75, 3.05) is 33.8 Å². The van der Waals surface area contributed by atoms with E-state index in [0.717, 1.165) is 29.7 Å². The fourth-order valence-electron chi connectivity index (χ4n) is 4.53. The lowest BCUT2D eigenvalue weighted by atomic mass is 10.0. The molecular formula is C27H37N3O5. The van der Waals surface area contributed by atoms with E-state index in [9.17, 15) is 14.7 Å². The van der Waals surface area contributed by atoms with Gasteiger partial charge < -0.3 is 24.8 Å². The molecule has 0 saturated carbocycles. The van der Waals surface area contributed by atoms with E-state index in [1.54, 1.807) is 4.90 Å². The monoisotopic (exact) mass is 483 g/mol. The van der Waals surface area contributed by atoms with Gasteiger partial charge in [-0.3, -0.25) is 9.69 Å². The number of likely N-dealkylation sites (N-methyl/N-ethyl adjacent to an activating group) is 1. The first kappa shape index (κ1) is 26.5. The number of ether oxygens (including phenoxy) is 2. The number of hydrogen-bond donors (Lipinski definition) is 2. The number of benzene rings is 2. The molecule has 2 aliphatic rings. The second-order valence-electron chi connectivity index (χ2n) is 8.68. The molecule has 1 fully saturated rings. The molecule has 2 heterocycles. The fraction of sp³-hybridized carbons (Fsp3) is 0.481. The zero-order chi connectivity index (χ0) is 25.4. The van der Waals surface area contributed by atoms with E-state index < -0.39 is 12.2 Å². The number of hydrogen-bond acceptors (Lipinski definition) is 6. The molecule has 0 aliphatic carbocycles. The molecule has 2 aromatic carbocycles. The van der Waals surface area contributed by atoms with Gasteiger partial charge in [0.2, 0.25) is 0 Å².